The largest absolute Gasteiger partial charge is 0.396 e. The first kappa shape index (κ1) is 21.7. The van der Waals surface area contributed by atoms with E-state index in [2.05, 4.69) is 15.6 Å². The van der Waals surface area contributed by atoms with Crippen LogP contribution in [0, 0.1) is 0 Å². The number of aliphatic imine (C=N–C) groups is 1. The summed E-state index contributed by atoms with van der Waals surface area (Å²) in [7, 11) is 1.78. The molecule has 1 aromatic rings. The molecule has 5 nitrogen and oxygen atoms in total. The minimum Gasteiger partial charge on any atom is -0.396 e. The van der Waals surface area contributed by atoms with Gasteiger partial charge in [0, 0.05) is 32.7 Å². The van der Waals surface area contributed by atoms with E-state index in [9.17, 15) is 5.11 Å². The van der Waals surface area contributed by atoms with E-state index in [1.54, 1.807) is 7.05 Å². The maximum absolute atomic E-state index is 9.64. The molecule has 1 unspecified atom stereocenters. The van der Waals surface area contributed by atoms with Gasteiger partial charge in [0.1, 0.15) is 0 Å². The Balaban J connectivity index is 1.53. The molecular formula is C22H37N3O2. The lowest BCUT2D eigenvalue weighted by molar-refractivity contribution is 0.0264. The van der Waals surface area contributed by atoms with Crippen molar-refractivity contribution in [1.29, 1.82) is 0 Å². The van der Waals surface area contributed by atoms with Crippen molar-refractivity contribution in [2.45, 2.75) is 63.4 Å². The van der Waals surface area contributed by atoms with Crippen LogP contribution in [0.1, 0.15) is 62.8 Å². The first-order valence-electron chi connectivity index (χ1n) is 10.6. The number of unbranched alkanes of at least 4 members (excludes halogenated alkanes) is 2. The van der Waals surface area contributed by atoms with Crippen molar-refractivity contribution in [2.75, 3.05) is 33.4 Å². The van der Waals surface area contributed by atoms with Gasteiger partial charge < -0.3 is 20.5 Å². The molecule has 1 aliphatic carbocycles. The van der Waals surface area contributed by atoms with Crippen LogP contribution in [0.5, 0.6) is 0 Å². The Bertz CT molecular complexity index is 516. The molecule has 152 valence electrons. The summed E-state index contributed by atoms with van der Waals surface area (Å²) < 4.78 is 5.97. The van der Waals surface area contributed by atoms with E-state index >= 15 is 0 Å². The van der Waals surface area contributed by atoms with E-state index < -0.39 is 0 Å². The molecule has 1 saturated carbocycles. The van der Waals surface area contributed by atoms with Gasteiger partial charge >= 0.3 is 0 Å². The highest BCUT2D eigenvalue weighted by Crippen LogP contribution is 2.20. The second kappa shape index (κ2) is 13.6. The zero-order valence-electron chi connectivity index (χ0n) is 16.8. The van der Waals surface area contributed by atoms with Crippen LogP contribution in [0.25, 0.3) is 0 Å². The van der Waals surface area contributed by atoms with Crippen molar-refractivity contribution in [3.8, 4) is 0 Å². The topological polar surface area (TPSA) is 65.9 Å². The summed E-state index contributed by atoms with van der Waals surface area (Å²) in [5.74, 6) is 0.865. The standard InChI is InChI=1S/C22H37N3O2/c1-23-22(25-17-20(18-26)19-11-5-2-6-12-19)24-15-9-4-10-16-27-21-13-7-3-8-14-21/h2,5-6,11-12,20-21,26H,3-4,7-10,13-18H2,1H3,(H2,23,24,25). The number of guanidine groups is 1. The molecule has 2 rings (SSSR count). The predicted octanol–water partition coefficient (Wildman–Crippen LogP) is 3.45. The zero-order valence-corrected chi connectivity index (χ0v) is 16.8. The fourth-order valence-corrected chi connectivity index (χ4v) is 3.55. The maximum Gasteiger partial charge on any atom is 0.190 e. The Morgan fingerprint density at radius 3 is 2.59 bits per heavy atom. The second-order valence-electron chi connectivity index (χ2n) is 7.36. The summed E-state index contributed by atoms with van der Waals surface area (Å²) in [4.78, 5) is 4.27. The van der Waals surface area contributed by atoms with Gasteiger partial charge in [-0.3, -0.25) is 4.99 Å². The molecule has 1 fully saturated rings. The first-order valence-corrected chi connectivity index (χ1v) is 10.6. The molecule has 0 heterocycles. The van der Waals surface area contributed by atoms with Crippen LogP contribution in [0.4, 0.5) is 0 Å². The number of rotatable bonds is 11. The number of aliphatic hydroxyl groups is 1. The normalized spacial score (nSPS) is 16.9. The van der Waals surface area contributed by atoms with Gasteiger partial charge in [0.25, 0.3) is 0 Å². The lowest BCUT2D eigenvalue weighted by Crippen LogP contribution is -2.40. The SMILES string of the molecule is CN=C(NCCCCCOC1CCCCC1)NCC(CO)c1ccccc1. The number of benzene rings is 1. The van der Waals surface area contributed by atoms with Crippen LogP contribution in [-0.4, -0.2) is 50.5 Å². The van der Waals surface area contributed by atoms with E-state index in [1.807, 2.05) is 30.3 Å². The van der Waals surface area contributed by atoms with Gasteiger partial charge in [-0.05, 0) is 37.7 Å². The molecular weight excluding hydrogens is 338 g/mol. The van der Waals surface area contributed by atoms with Crippen LogP contribution in [0.2, 0.25) is 0 Å². The number of hydrogen-bond donors (Lipinski definition) is 3. The van der Waals surface area contributed by atoms with Crippen molar-refractivity contribution < 1.29 is 9.84 Å². The summed E-state index contributed by atoms with van der Waals surface area (Å²) in [6.45, 7) is 2.58. The van der Waals surface area contributed by atoms with Gasteiger partial charge in [-0.25, -0.2) is 0 Å². The number of nitrogens with one attached hydrogen (secondary N) is 2. The third-order valence-electron chi connectivity index (χ3n) is 5.25. The van der Waals surface area contributed by atoms with E-state index in [0.717, 1.165) is 37.5 Å². The number of hydrogen-bond acceptors (Lipinski definition) is 3. The molecule has 0 aliphatic heterocycles. The van der Waals surface area contributed by atoms with Crippen LogP contribution >= 0.6 is 0 Å². The van der Waals surface area contributed by atoms with Crippen molar-refractivity contribution in [1.82, 2.24) is 10.6 Å². The van der Waals surface area contributed by atoms with E-state index in [1.165, 1.54) is 38.5 Å². The third-order valence-corrected chi connectivity index (χ3v) is 5.25. The minimum absolute atomic E-state index is 0.0710. The average Bonchev–Trinajstić information content (AvgIpc) is 2.73. The lowest BCUT2D eigenvalue weighted by Gasteiger charge is -2.21. The quantitative estimate of drug-likeness (QED) is 0.315. The molecule has 3 N–H and O–H groups in total. The number of nitrogens with zero attached hydrogens (tertiary/aromatic N) is 1. The fourth-order valence-electron chi connectivity index (χ4n) is 3.55. The molecule has 1 aliphatic rings. The summed E-state index contributed by atoms with van der Waals surface area (Å²) in [6, 6.07) is 10.1. The van der Waals surface area contributed by atoms with E-state index in [0.29, 0.717) is 12.6 Å². The van der Waals surface area contributed by atoms with Crippen LogP contribution in [0.3, 0.4) is 0 Å². The lowest BCUT2D eigenvalue weighted by atomic mass is 9.98. The zero-order chi connectivity index (χ0) is 19.2. The molecule has 1 atom stereocenters. The monoisotopic (exact) mass is 375 g/mol. The molecule has 0 saturated heterocycles. The summed E-state index contributed by atoms with van der Waals surface area (Å²) in [5.41, 5.74) is 1.14. The smallest absolute Gasteiger partial charge is 0.190 e. The summed E-state index contributed by atoms with van der Waals surface area (Å²) >= 11 is 0. The molecule has 0 radical (unpaired) electrons. The number of ether oxygens (including phenoxy) is 1. The molecule has 0 bridgehead atoms. The van der Waals surface area contributed by atoms with Crippen molar-refractivity contribution in [3.05, 3.63) is 35.9 Å². The van der Waals surface area contributed by atoms with Crippen molar-refractivity contribution >= 4 is 5.96 Å². The van der Waals surface area contributed by atoms with Gasteiger partial charge in [-0.15, -0.1) is 0 Å². The molecule has 0 amide bonds. The van der Waals surface area contributed by atoms with Crippen molar-refractivity contribution in [2.24, 2.45) is 4.99 Å². The number of aliphatic hydroxyl groups excluding tert-OH is 1. The van der Waals surface area contributed by atoms with Gasteiger partial charge in [-0.1, -0.05) is 49.6 Å². The first-order chi connectivity index (χ1) is 13.3. The van der Waals surface area contributed by atoms with Crippen molar-refractivity contribution in [3.63, 3.8) is 0 Å². The van der Waals surface area contributed by atoms with Crippen LogP contribution in [0.15, 0.2) is 35.3 Å². The molecule has 1 aromatic carbocycles. The highest BCUT2D eigenvalue weighted by molar-refractivity contribution is 5.79. The van der Waals surface area contributed by atoms with E-state index in [4.69, 9.17) is 4.74 Å². The molecule has 0 aromatic heterocycles. The Morgan fingerprint density at radius 1 is 1.11 bits per heavy atom. The highest BCUT2D eigenvalue weighted by atomic mass is 16.5. The predicted molar refractivity (Wildman–Crippen MR) is 112 cm³/mol. The molecule has 0 spiro atoms. The Labute approximate surface area is 164 Å². The maximum atomic E-state index is 9.64. The van der Waals surface area contributed by atoms with E-state index in [-0.39, 0.29) is 12.5 Å². The summed E-state index contributed by atoms with van der Waals surface area (Å²) in [6.07, 6.45) is 10.5. The van der Waals surface area contributed by atoms with Crippen LogP contribution in [-0.2, 0) is 4.74 Å². The fraction of sp³-hybridized carbons (Fsp3) is 0.682. The van der Waals surface area contributed by atoms with Gasteiger partial charge in [0.2, 0.25) is 0 Å². The Kier molecular flexibility index (Phi) is 10.9. The van der Waals surface area contributed by atoms with Gasteiger partial charge in [-0.2, -0.15) is 0 Å². The highest BCUT2D eigenvalue weighted by Gasteiger charge is 2.13. The van der Waals surface area contributed by atoms with Crippen LogP contribution < -0.4 is 10.6 Å². The minimum atomic E-state index is 0.0710. The Hall–Kier alpha value is -1.59. The third kappa shape index (κ3) is 8.76. The average molecular weight is 376 g/mol. The Morgan fingerprint density at radius 2 is 1.89 bits per heavy atom. The molecule has 27 heavy (non-hydrogen) atoms. The second-order valence-corrected chi connectivity index (χ2v) is 7.36. The van der Waals surface area contributed by atoms with Gasteiger partial charge in [0.15, 0.2) is 5.96 Å². The van der Waals surface area contributed by atoms with Gasteiger partial charge in [0.05, 0.1) is 12.7 Å². The molecule has 5 heteroatoms. The summed E-state index contributed by atoms with van der Waals surface area (Å²) in [5, 5.41) is 16.3.